The molecule has 0 unspecified atom stereocenters. The molecule has 0 spiro atoms. The number of primary amides is 1. The molecule has 0 radical (unpaired) electrons. The fourth-order valence-corrected chi connectivity index (χ4v) is 4.03. The van der Waals surface area contributed by atoms with Gasteiger partial charge in [-0.15, -0.1) is 0 Å². The Kier molecular flexibility index (Phi) is 5.96. The number of carbonyl (C=O) groups excluding carboxylic acids is 4. The number of hydrogen-bond donors (Lipinski definition) is 3. The minimum absolute atomic E-state index is 0.164. The number of aromatic nitrogens is 2. The Labute approximate surface area is 162 Å². The zero-order valence-corrected chi connectivity index (χ0v) is 15.9. The summed E-state index contributed by atoms with van der Waals surface area (Å²) in [4.78, 5) is 59.3. The molecule has 4 N–H and O–H groups in total. The zero-order chi connectivity index (χ0) is 20.3. The Hall–Kier alpha value is -2.91. The van der Waals surface area contributed by atoms with Gasteiger partial charge in [-0.2, -0.15) is 0 Å². The maximum Gasteiger partial charge on any atom is 0.246 e. The van der Waals surface area contributed by atoms with E-state index in [0.717, 1.165) is 6.42 Å². The predicted octanol–water partition coefficient (Wildman–Crippen LogP) is -1.08. The van der Waals surface area contributed by atoms with Crippen LogP contribution in [0.3, 0.4) is 0 Å². The van der Waals surface area contributed by atoms with Gasteiger partial charge in [-0.25, -0.2) is 4.98 Å². The van der Waals surface area contributed by atoms with Crippen molar-refractivity contribution in [2.45, 2.75) is 57.2 Å². The number of aromatic amines is 1. The van der Waals surface area contributed by atoms with Crippen molar-refractivity contribution in [2.75, 3.05) is 13.1 Å². The van der Waals surface area contributed by atoms with Crippen LogP contribution in [0.1, 0.15) is 38.3 Å². The number of rotatable bonds is 6. The molecule has 1 aromatic rings. The molecule has 2 aliphatic heterocycles. The molecule has 0 aromatic carbocycles. The smallest absolute Gasteiger partial charge is 0.246 e. The molecular formula is C18H26N6O4. The van der Waals surface area contributed by atoms with Crippen molar-refractivity contribution in [2.24, 2.45) is 5.73 Å². The summed E-state index contributed by atoms with van der Waals surface area (Å²) in [5.74, 6) is -1.42. The second-order valence-corrected chi connectivity index (χ2v) is 7.30. The Morgan fingerprint density at radius 1 is 1.21 bits per heavy atom. The van der Waals surface area contributed by atoms with Crippen LogP contribution in [-0.4, -0.2) is 74.6 Å². The van der Waals surface area contributed by atoms with Crippen molar-refractivity contribution in [3.63, 3.8) is 0 Å². The minimum Gasteiger partial charge on any atom is -0.368 e. The number of nitrogens with one attached hydrogen (secondary N) is 2. The van der Waals surface area contributed by atoms with Crippen LogP contribution >= 0.6 is 0 Å². The van der Waals surface area contributed by atoms with E-state index in [4.69, 9.17) is 5.73 Å². The summed E-state index contributed by atoms with van der Waals surface area (Å²) >= 11 is 0. The van der Waals surface area contributed by atoms with Gasteiger partial charge in [0.15, 0.2) is 0 Å². The van der Waals surface area contributed by atoms with Crippen LogP contribution in [0.25, 0.3) is 0 Å². The Morgan fingerprint density at radius 3 is 2.50 bits per heavy atom. The average molecular weight is 390 g/mol. The minimum atomic E-state index is -0.873. The molecule has 152 valence electrons. The SMILES string of the molecule is CC(=O)N1CCC[C@H]1C(=O)N[C@@H](Cc1cnc[nH]1)C(=O)N1CCC[C@H]1C(N)=O. The second-order valence-electron chi connectivity index (χ2n) is 7.30. The van der Waals surface area contributed by atoms with Crippen LogP contribution in [0.5, 0.6) is 0 Å². The number of hydrogen-bond acceptors (Lipinski definition) is 5. The summed E-state index contributed by atoms with van der Waals surface area (Å²) in [6.07, 6.45) is 5.79. The molecule has 1 aromatic heterocycles. The van der Waals surface area contributed by atoms with Gasteiger partial charge in [0.2, 0.25) is 23.6 Å². The summed E-state index contributed by atoms with van der Waals surface area (Å²) < 4.78 is 0. The van der Waals surface area contributed by atoms with E-state index in [-0.39, 0.29) is 24.1 Å². The molecule has 3 heterocycles. The van der Waals surface area contributed by atoms with Crippen molar-refractivity contribution in [1.82, 2.24) is 25.1 Å². The van der Waals surface area contributed by atoms with Gasteiger partial charge in [-0.3, -0.25) is 19.2 Å². The van der Waals surface area contributed by atoms with Gasteiger partial charge in [-0.05, 0) is 25.7 Å². The highest BCUT2D eigenvalue weighted by molar-refractivity contribution is 5.94. The monoisotopic (exact) mass is 390 g/mol. The third-order valence-corrected chi connectivity index (χ3v) is 5.42. The maximum atomic E-state index is 13.1. The second kappa shape index (κ2) is 8.41. The molecule has 3 atom stereocenters. The van der Waals surface area contributed by atoms with Crippen LogP contribution in [-0.2, 0) is 25.6 Å². The summed E-state index contributed by atoms with van der Waals surface area (Å²) in [5, 5.41) is 2.79. The molecule has 2 saturated heterocycles. The normalized spacial score (nSPS) is 22.9. The third kappa shape index (κ3) is 4.15. The third-order valence-electron chi connectivity index (χ3n) is 5.42. The van der Waals surface area contributed by atoms with Gasteiger partial charge in [0, 0.05) is 38.3 Å². The van der Waals surface area contributed by atoms with E-state index in [1.165, 1.54) is 23.1 Å². The lowest BCUT2D eigenvalue weighted by Gasteiger charge is -2.29. The highest BCUT2D eigenvalue weighted by Gasteiger charge is 2.39. The van der Waals surface area contributed by atoms with E-state index < -0.39 is 24.0 Å². The van der Waals surface area contributed by atoms with Crippen LogP contribution in [0.4, 0.5) is 0 Å². The molecule has 2 fully saturated rings. The van der Waals surface area contributed by atoms with E-state index >= 15 is 0 Å². The number of nitrogens with two attached hydrogens (primary N) is 1. The zero-order valence-electron chi connectivity index (χ0n) is 15.9. The highest BCUT2D eigenvalue weighted by Crippen LogP contribution is 2.21. The van der Waals surface area contributed by atoms with Crippen molar-refractivity contribution in [3.05, 3.63) is 18.2 Å². The average Bonchev–Trinajstić information content (AvgIpc) is 3.40. The first-order chi connectivity index (χ1) is 13.4. The molecule has 0 bridgehead atoms. The summed E-state index contributed by atoms with van der Waals surface area (Å²) in [5.41, 5.74) is 6.12. The number of amides is 4. The van der Waals surface area contributed by atoms with E-state index in [0.29, 0.717) is 38.0 Å². The quantitative estimate of drug-likeness (QED) is 0.567. The van der Waals surface area contributed by atoms with Crippen molar-refractivity contribution < 1.29 is 19.2 Å². The van der Waals surface area contributed by atoms with Crippen LogP contribution in [0.2, 0.25) is 0 Å². The fraction of sp³-hybridized carbons (Fsp3) is 0.611. The van der Waals surface area contributed by atoms with Gasteiger partial charge >= 0.3 is 0 Å². The first-order valence-electron chi connectivity index (χ1n) is 9.53. The van der Waals surface area contributed by atoms with Gasteiger partial charge in [0.1, 0.15) is 18.1 Å². The Balaban J connectivity index is 1.77. The molecule has 0 aliphatic carbocycles. The van der Waals surface area contributed by atoms with E-state index in [2.05, 4.69) is 15.3 Å². The topological polar surface area (TPSA) is 141 Å². The van der Waals surface area contributed by atoms with Crippen molar-refractivity contribution >= 4 is 23.6 Å². The largest absolute Gasteiger partial charge is 0.368 e. The first kappa shape index (κ1) is 19.8. The first-order valence-corrected chi connectivity index (χ1v) is 9.53. The molecule has 10 nitrogen and oxygen atoms in total. The molecular weight excluding hydrogens is 364 g/mol. The number of carbonyl (C=O) groups is 4. The molecule has 2 aliphatic rings. The van der Waals surface area contributed by atoms with E-state index in [1.807, 2.05) is 0 Å². The summed E-state index contributed by atoms with van der Waals surface area (Å²) in [6.45, 7) is 2.38. The lowest BCUT2D eigenvalue weighted by Crippen LogP contribution is -2.56. The van der Waals surface area contributed by atoms with Crippen LogP contribution in [0.15, 0.2) is 12.5 Å². The number of H-pyrrole nitrogens is 1. The molecule has 4 amide bonds. The molecule has 3 rings (SSSR count). The summed E-state index contributed by atoms with van der Waals surface area (Å²) in [6, 6.07) is -2.11. The summed E-state index contributed by atoms with van der Waals surface area (Å²) in [7, 11) is 0. The van der Waals surface area contributed by atoms with Crippen LogP contribution in [0, 0.1) is 0 Å². The van der Waals surface area contributed by atoms with E-state index in [9.17, 15) is 19.2 Å². The Morgan fingerprint density at radius 2 is 1.89 bits per heavy atom. The van der Waals surface area contributed by atoms with Crippen molar-refractivity contribution in [1.29, 1.82) is 0 Å². The number of likely N-dealkylation sites (tertiary alicyclic amines) is 2. The van der Waals surface area contributed by atoms with Gasteiger partial charge in [0.05, 0.1) is 6.33 Å². The highest BCUT2D eigenvalue weighted by atomic mass is 16.2. The van der Waals surface area contributed by atoms with Crippen molar-refractivity contribution in [3.8, 4) is 0 Å². The lowest BCUT2D eigenvalue weighted by atomic mass is 10.1. The molecule has 0 saturated carbocycles. The standard InChI is InChI=1S/C18H26N6O4/c1-11(25)23-6-3-5-15(23)17(27)22-13(8-12-9-20-10-21-12)18(28)24-7-2-4-14(24)16(19)26/h9-10,13-15H,2-8H2,1H3,(H2,19,26)(H,20,21)(H,22,27)/t13-,14-,15-/m0/s1. The number of nitrogens with zero attached hydrogens (tertiary/aromatic N) is 3. The lowest BCUT2D eigenvalue weighted by molar-refractivity contribution is -0.142. The fourth-order valence-electron chi connectivity index (χ4n) is 4.03. The Bertz CT molecular complexity index is 749. The number of imidazole rings is 1. The van der Waals surface area contributed by atoms with Gasteiger partial charge in [0.25, 0.3) is 0 Å². The molecule has 10 heteroatoms. The predicted molar refractivity (Wildman–Crippen MR) is 98.6 cm³/mol. The van der Waals surface area contributed by atoms with E-state index in [1.54, 1.807) is 6.20 Å². The maximum absolute atomic E-state index is 13.1. The van der Waals surface area contributed by atoms with Gasteiger partial charge in [-0.1, -0.05) is 0 Å². The van der Waals surface area contributed by atoms with Gasteiger partial charge < -0.3 is 25.8 Å². The molecule has 28 heavy (non-hydrogen) atoms. The van der Waals surface area contributed by atoms with Crippen LogP contribution < -0.4 is 11.1 Å².